The molecule has 1 atom stereocenters. The minimum Gasteiger partial charge on any atom is -0.381 e. The van der Waals surface area contributed by atoms with Crippen molar-refractivity contribution in [2.45, 2.75) is 31.5 Å². The molecule has 1 unspecified atom stereocenters. The summed E-state index contributed by atoms with van der Waals surface area (Å²) in [5, 5.41) is 3.52. The summed E-state index contributed by atoms with van der Waals surface area (Å²) in [5.41, 5.74) is 1.05. The summed E-state index contributed by atoms with van der Waals surface area (Å²) in [6.07, 6.45) is 5.69. The number of nitrogens with zero attached hydrogens (tertiary/aromatic N) is 4. The predicted octanol–water partition coefficient (Wildman–Crippen LogP) is 2.04. The Kier molecular flexibility index (Phi) is 5.68. The lowest BCUT2D eigenvalue weighted by atomic mass is 10.1. The maximum Gasteiger partial charge on any atom is 0.150 e. The first-order valence-corrected chi connectivity index (χ1v) is 9.27. The maximum absolute atomic E-state index is 5.72. The standard InChI is InChI=1S/C19H25N5O2/c1-2-7-20-16(3-1)13-24-9-12-26-14-17(24)19-21-8-4-18(23-19)22-15-5-10-25-11-6-15/h1-4,7-8,15,17H,5-6,9-14H2,(H,21,22,23). The summed E-state index contributed by atoms with van der Waals surface area (Å²) in [6, 6.07) is 8.41. The van der Waals surface area contributed by atoms with E-state index in [4.69, 9.17) is 14.5 Å². The van der Waals surface area contributed by atoms with Crippen LogP contribution in [0, 0.1) is 0 Å². The van der Waals surface area contributed by atoms with Crippen LogP contribution in [0.4, 0.5) is 5.82 Å². The molecule has 7 heteroatoms. The van der Waals surface area contributed by atoms with Crippen molar-refractivity contribution in [1.82, 2.24) is 19.9 Å². The molecule has 0 bridgehead atoms. The Hall–Kier alpha value is -2.09. The highest BCUT2D eigenvalue weighted by Crippen LogP contribution is 2.24. The first-order valence-electron chi connectivity index (χ1n) is 9.27. The fourth-order valence-corrected chi connectivity index (χ4v) is 3.43. The van der Waals surface area contributed by atoms with Crippen LogP contribution in [-0.2, 0) is 16.0 Å². The van der Waals surface area contributed by atoms with Crippen LogP contribution < -0.4 is 5.32 Å². The summed E-state index contributed by atoms with van der Waals surface area (Å²) in [5.74, 6) is 1.68. The molecule has 0 aromatic carbocycles. The molecule has 2 aromatic rings. The maximum atomic E-state index is 5.72. The first kappa shape index (κ1) is 17.3. The van der Waals surface area contributed by atoms with Crippen molar-refractivity contribution >= 4 is 5.82 Å². The van der Waals surface area contributed by atoms with Gasteiger partial charge in [-0.2, -0.15) is 0 Å². The van der Waals surface area contributed by atoms with E-state index >= 15 is 0 Å². The number of ether oxygens (including phenoxy) is 2. The van der Waals surface area contributed by atoms with Gasteiger partial charge in [0, 0.05) is 44.7 Å². The van der Waals surface area contributed by atoms with Crippen LogP contribution in [0.1, 0.15) is 30.4 Å². The third-order valence-corrected chi connectivity index (χ3v) is 4.88. The van der Waals surface area contributed by atoms with Crippen molar-refractivity contribution in [3.63, 3.8) is 0 Å². The number of anilines is 1. The van der Waals surface area contributed by atoms with Crippen molar-refractivity contribution in [1.29, 1.82) is 0 Å². The molecular weight excluding hydrogens is 330 g/mol. The van der Waals surface area contributed by atoms with Gasteiger partial charge in [-0.05, 0) is 31.0 Å². The second-order valence-corrected chi connectivity index (χ2v) is 6.71. The van der Waals surface area contributed by atoms with Gasteiger partial charge in [0.1, 0.15) is 11.6 Å². The lowest BCUT2D eigenvalue weighted by molar-refractivity contribution is -0.0164. The number of morpholine rings is 1. The molecule has 7 nitrogen and oxygen atoms in total. The third kappa shape index (κ3) is 4.35. The molecule has 2 aliphatic heterocycles. The van der Waals surface area contributed by atoms with Crippen LogP contribution in [0.2, 0.25) is 0 Å². The fraction of sp³-hybridized carbons (Fsp3) is 0.526. The van der Waals surface area contributed by atoms with E-state index in [1.165, 1.54) is 0 Å². The second-order valence-electron chi connectivity index (χ2n) is 6.71. The zero-order chi connectivity index (χ0) is 17.6. The molecule has 0 spiro atoms. The summed E-state index contributed by atoms with van der Waals surface area (Å²) in [7, 11) is 0. The smallest absolute Gasteiger partial charge is 0.150 e. The third-order valence-electron chi connectivity index (χ3n) is 4.88. The van der Waals surface area contributed by atoms with Crippen LogP contribution in [0.15, 0.2) is 36.7 Å². The number of rotatable bonds is 5. The summed E-state index contributed by atoms with van der Waals surface area (Å²) < 4.78 is 11.1. The minimum atomic E-state index is 0.0437. The average molecular weight is 355 g/mol. The van der Waals surface area contributed by atoms with Crippen molar-refractivity contribution in [3.05, 3.63) is 48.2 Å². The van der Waals surface area contributed by atoms with Gasteiger partial charge in [-0.1, -0.05) is 6.07 Å². The minimum absolute atomic E-state index is 0.0437. The molecule has 2 aromatic heterocycles. The number of aromatic nitrogens is 3. The zero-order valence-corrected chi connectivity index (χ0v) is 14.9. The SMILES string of the molecule is c1ccc(CN2CCOCC2c2nccc(NC3CCOCC3)n2)nc1. The van der Waals surface area contributed by atoms with Crippen LogP contribution >= 0.6 is 0 Å². The van der Waals surface area contributed by atoms with Crippen molar-refractivity contribution < 1.29 is 9.47 Å². The number of hydrogen-bond acceptors (Lipinski definition) is 7. The molecule has 2 fully saturated rings. The highest BCUT2D eigenvalue weighted by molar-refractivity contribution is 5.34. The van der Waals surface area contributed by atoms with Crippen molar-refractivity contribution in [2.24, 2.45) is 0 Å². The van der Waals surface area contributed by atoms with E-state index in [1.807, 2.05) is 30.6 Å². The van der Waals surface area contributed by atoms with Gasteiger partial charge < -0.3 is 14.8 Å². The summed E-state index contributed by atoms with van der Waals surface area (Å²) >= 11 is 0. The van der Waals surface area contributed by atoms with Crippen molar-refractivity contribution in [2.75, 3.05) is 38.3 Å². The lowest BCUT2D eigenvalue weighted by Crippen LogP contribution is -2.40. The van der Waals surface area contributed by atoms with Gasteiger partial charge >= 0.3 is 0 Å². The molecular formula is C19H25N5O2. The predicted molar refractivity (Wildman–Crippen MR) is 97.7 cm³/mol. The molecule has 26 heavy (non-hydrogen) atoms. The molecule has 2 saturated heterocycles. The van der Waals surface area contributed by atoms with E-state index in [0.717, 1.165) is 63.1 Å². The van der Waals surface area contributed by atoms with Crippen molar-refractivity contribution in [3.8, 4) is 0 Å². The number of hydrogen-bond donors (Lipinski definition) is 1. The Morgan fingerprint density at radius 3 is 2.81 bits per heavy atom. The van der Waals surface area contributed by atoms with Crippen LogP contribution in [0.5, 0.6) is 0 Å². The van der Waals surface area contributed by atoms with Gasteiger partial charge in [0.25, 0.3) is 0 Å². The topological polar surface area (TPSA) is 72.4 Å². The summed E-state index contributed by atoms with van der Waals surface area (Å²) in [4.78, 5) is 16.1. The molecule has 0 radical (unpaired) electrons. The molecule has 4 heterocycles. The van der Waals surface area contributed by atoms with Crippen LogP contribution in [-0.4, -0.2) is 58.9 Å². The molecule has 138 valence electrons. The second kappa shape index (κ2) is 8.53. The van der Waals surface area contributed by atoms with E-state index < -0.39 is 0 Å². The fourth-order valence-electron chi connectivity index (χ4n) is 3.43. The molecule has 1 N–H and O–H groups in total. The Morgan fingerprint density at radius 2 is 1.96 bits per heavy atom. The van der Waals surface area contributed by atoms with Crippen LogP contribution in [0.3, 0.4) is 0 Å². The van der Waals surface area contributed by atoms with E-state index in [1.54, 1.807) is 0 Å². The van der Waals surface area contributed by atoms with Gasteiger partial charge in [0.15, 0.2) is 0 Å². The van der Waals surface area contributed by atoms with Gasteiger partial charge in [-0.3, -0.25) is 9.88 Å². The molecule has 0 aliphatic carbocycles. The average Bonchev–Trinajstić information content (AvgIpc) is 2.70. The largest absolute Gasteiger partial charge is 0.381 e. The van der Waals surface area contributed by atoms with Crippen LogP contribution in [0.25, 0.3) is 0 Å². The van der Waals surface area contributed by atoms with Gasteiger partial charge in [0.05, 0.1) is 24.9 Å². The monoisotopic (exact) mass is 355 g/mol. The highest BCUT2D eigenvalue weighted by atomic mass is 16.5. The van der Waals surface area contributed by atoms with E-state index in [0.29, 0.717) is 12.6 Å². The molecule has 0 amide bonds. The molecule has 4 rings (SSSR count). The Bertz CT molecular complexity index is 693. The quantitative estimate of drug-likeness (QED) is 0.880. The zero-order valence-electron chi connectivity index (χ0n) is 14.9. The molecule has 2 aliphatic rings. The Morgan fingerprint density at radius 1 is 1.04 bits per heavy atom. The normalized spacial score (nSPS) is 22.2. The number of nitrogens with one attached hydrogen (secondary N) is 1. The van der Waals surface area contributed by atoms with Gasteiger partial charge in [-0.15, -0.1) is 0 Å². The highest BCUT2D eigenvalue weighted by Gasteiger charge is 2.27. The van der Waals surface area contributed by atoms with E-state index in [9.17, 15) is 0 Å². The van der Waals surface area contributed by atoms with Gasteiger partial charge in [-0.25, -0.2) is 9.97 Å². The van der Waals surface area contributed by atoms with E-state index in [2.05, 4.69) is 26.3 Å². The Labute approximate surface area is 153 Å². The summed E-state index contributed by atoms with van der Waals surface area (Å²) in [6.45, 7) is 4.57. The van der Waals surface area contributed by atoms with Gasteiger partial charge in [0.2, 0.25) is 0 Å². The molecule has 0 saturated carbocycles. The number of pyridine rings is 1. The Balaban J connectivity index is 1.47. The first-order chi connectivity index (χ1) is 12.9. The lowest BCUT2D eigenvalue weighted by Gasteiger charge is -2.34. The van der Waals surface area contributed by atoms with E-state index in [-0.39, 0.29) is 6.04 Å².